The van der Waals surface area contributed by atoms with Gasteiger partial charge >= 0.3 is 12.1 Å². The largest absolute Gasteiger partial charge is 0.453 e. The van der Waals surface area contributed by atoms with Gasteiger partial charge in [-0.3, -0.25) is 14.9 Å². The minimum atomic E-state index is -1.01. The maximum Gasteiger partial charge on any atom is 0.413 e. The smallest absolute Gasteiger partial charge is 0.413 e. The van der Waals surface area contributed by atoms with Gasteiger partial charge in [-0.2, -0.15) is 0 Å². The zero-order valence-corrected chi connectivity index (χ0v) is 10.5. The molecule has 0 heterocycles. The molecule has 2 amide bonds. The molecule has 6 nitrogen and oxygen atoms in total. The van der Waals surface area contributed by atoms with Crippen LogP contribution in [-0.2, 0) is 19.1 Å². The van der Waals surface area contributed by atoms with Crippen LogP contribution in [-0.4, -0.2) is 31.2 Å². The second-order valence-corrected chi connectivity index (χ2v) is 4.04. The lowest BCUT2D eigenvalue weighted by atomic mass is 9.95. The van der Waals surface area contributed by atoms with Gasteiger partial charge in [0.2, 0.25) is 0 Å². The summed E-state index contributed by atoms with van der Waals surface area (Å²) in [7, 11) is 1.15. The van der Waals surface area contributed by atoms with Crippen molar-refractivity contribution < 1.29 is 23.9 Å². The normalized spacial score (nSPS) is 19.8. The lowest BCUT2D eigenvalue weighted by Crippen LogP contribution is -2.40. The van der Waals surface area contributed by atoms with Gasteiger partial charge in [0.05, 0.1) is 13.0 Å². The van der Waals surface area contributed by atoms with Gasteiger partial charge < -0.3 is 9.47 Å². The molecule has 0 saturated heterocycles. The van der Waals surface area contributed by atoms with Crippen molar-refractivity contribution in [1.29, 1.82) is 0 Å². The van der Waals surface area contributed by atoms with E-state index in [2.05, 4.69) is 4.74 Å². The van der Waals surface area contributed by atoms with Gasteiger partial charge in [0.15, 0.2) is 6.10 Å². The highest BCUT2D eigenvalue weighted by molar-refractivity contribution is 5.95. The molecule has 0 radical (unpaired) electrons. The Bertz CT molecular complexity index is 363. The Kier molecular flexibility index (Phi) is 5.35. The number of hydrogen-bond donors (Lipinski definition) is 1. The molecule has 0 unspecified atom stereocenters. The summed E-state index contributed by atoms with van der Waals surface area (Å²) in [5.74, 6) is -1.31. The van der Waals surface area contributed by atoms with Crippen molar-refractivity contribution in [3.05, 3.63) is 12.2 Å². The summed E-state index contributed by atoms with van der Waals surface area (Å²) in [4.78, 5) is 34.0. The Morgan fingerprint density at radius 3 is 2.61 bits per heavy atom. The van der Waals surface area contributed by atoms with Crippen LogP contribution in [0.15, 0.2) is 12.2 Å². The van der Waals surface area contributed by atoms with Gasteiger partial charge in [-0.1, -0.05) is 12.2 Å². The average molecular weight is 255 g/mol. The summed E-state index contributed by atoms with van der Waals surface area (Å²) in [6, 6.07) is 0. The average Bonchev–Trinajstić information content (AvgIpc) is 2.39. The van der Waals surface area contributed by atoms with Crippen LogP contribution >= 0.6 is 0 Å². The molecule has 0 saturated carbocycles. The van der Waals surface area contributed by atoms with E-state index < -0.39 is 24.1 Å². The highest BCUT2D eigenvalue weighted by Crippen LogP contribution is 2.20. The number of carbonyl (C=O) groups is 3. The topological polar surface area (TPSA) is 81.7 Å². The van der Waals surface area contributed by atoms with Gasteiger partial charge in [-0.15, -0.1) is 0 Å². The number of methoxy groups -OCH3 is 1. The number of amides is 2. The number of rotatable bonds is 3. The van der Waals surface area contributed by atoms with Gasteiger partial charge in [0.25, 0.3) is 5.91 Å². The van der Waals surface area contributed by atoms with Crippen LogP contribution in [0.4, 0.5) is 4.79 Å². The highest BCUT2D eigenvalue weighted by Gasteiger charge is 2.25. The van der Waals surface area contributed by atoms with E-state index in [9.17, 15) is 14.4 Å². The van der Waals surface area contributed by atoms with Crippen LogP contribution in [0.3, 0.4) is 0 Å². The SMILES string of the molecule is COC(=O)NC(=O)[C@@H](C)OC(=O)[C@H]1CC=CCC1. The fourth-order valence-electron chi connectivity index (χ4n) is 1.58. The highest BCUT2D eigenvalue weighted by atomic mass is 16.6. The molecule has 0 aromatic rings. The molecular formula is C12H17NO5. The first kappa shape index (κ1) is 14.2. The van der Waals surface area contributed by atoms with Crippen molar-refractivity contribution in [2.45, 2.75) is 32.3 Å². The second kappa shape index (κ2) is 6.78. The number of ether oxygens (including phenoxy) is 2. The van der Waals surface area contributed by atoms with Crippen molar-refractivity contribution in [2.24, 2.45) is 5.92 Å². The maximum absolute atomic E-state index is 11.7. The first-order valence-electron chi connectivity index (χ1n) is 5.79. The van der Waals surface area contributed by atoms with Crippen LogP contribution in [0.25, 0.3) is 0 Å². The third-order valence-corrected chi connectivity index (χ3v) is 2.68. The van der Waals surface area contributed by atoms with Crippen molar-refractivity contribution in [2.75, 3.05) is 7.11 Å². The minimum absolute atomic E-state index is 0.205. The third kappa shape index (κ3) is 4.20. The molecule has 0 bridgehead atoms. The minimum Gasteiger partial charge on any atom is -0.453 e. The van der Waals surface area contributed by atoms with Gasteiger partial charge in [-0.05, 0) is 26.2 Å². The summed E-state index contributed by atoms with van der Waals surface area (Å²) < 4.78 is 9.28. The molecule has 2 atom stereocenters. The molecule has 1 rings (SSSR count). The molecule has 1 aliphatic rings. The van der Waals surface area contributed by atoms with Crippen molar-refractivity contribution in [3.8, 4) is 0 Å². The molecule has 0 aromatic carbocycles. The van der Waals surface area contributed by atoms with E-state index in [0.717, 1.165) is 20.0 Å². The maximum atomic E-state index is 11.7. The molecule has 0 spiro atoms. The molecule has 18 heavy (non-hydrogen) atoms. The van der Waals surface area contributed by atoms with Gasteiger partial charge in [0, 0.05) is 0 Å². The number of esters is 1. The van der Waals surface area contributed by atoms with E-state index in [0.29, 0.717) is 6.42 Å². The summed E-state index contributed by atoms with van der Waals surface area (Å²) in [6.07, 6.45) is 4.24. The molecule has 6 heteroatoms. The van der Waals surface area contributed by atoms with Gasteiger partial charge in [0.1, 0.15) is 0 Å². The third-order valence-electron chi connectivity index (χ3n) is 2.68. The summed E-state index contributed by atoms with van der Waals surface area (Å²) in [5, 5.41) is 1.95. The van der Waals surface area contributed by atoms with Gasteiger partial charge in [-0.25, -0.2) is 4.79 Å². The molecule has 1 aliphatic carbocycles. The second-order valence-electron chi connectivity index (χ2n) is 4.04. The first-order valence-corrected chi connectivity index (χ1v) is 5.79. The Hall–Kier alpha value is -1.85. The molecular weight excluding hydrogens is 238 g/mol. The zero-order chi connectivity index (χ0) is 13.5. The standard InChI is InChI=1S/C12H17NO5/c1-8(10(14)13-12(16)17-2)18-11(15)9-6-4-3-5-7-9/h3-4,8-9H,5-7H2,1-2H3,(H,13,14,16)/t8-,9+/m1/s1. The number of allylic oxidation sites excluding steroid dienone is 2. The molecule has 100 valence electrons. The predicted octanol–water partition coefficient (Wildman–Crippen LogP) is 1.16. The number of imide groups is 1. The Labute approximate surface area is 105 Å². The summed E-state index contributed by atoms with van der Waals surface area (Å²) in [6.45, 7) is 1.41. The van der Waals surface area contributed by atoms with Crippen LogP contribution in [0.2, 0.25) is 0 Å². The van der Waals surface area contributed by atoms with E-state index in [-0.39, 0.29) is 5.92 Å². The molecule has 0 aromatic heterocycles. The monoisotopic (exact) mass is 255 g/mol. The van der Waals surface area contributed by atoms with Crippen LogP contribution in [0, 0.1) is 5.92 Å². The van der Waals surface area contributed by atoms with Crippen LogP contribution in [0.5, 0.6) is 0 Å². The van der Waals surface area contributed by atoms with Crippen molar-refractivity contribution in [1.82, 2.24) is 5.32 Å². The van der Waals surface area contributed by atoms with E-state index in [1.165, 1.54) is 6.92 Å². The van der Waals surface area contributed by atoms with E-state index >= 15 is 0 Å². The van der Waals surface area contributed by atoms with E-state index in [1.54, 1.807) is 0 Å². The lowest BCUT2D eigenvalue weighted by Gasteiger charge is -2.19. The fraction of sp³-hybridized carbons (Fsp3) is 0.583. The summed E-state index contributed by atoms with van der Waals surface area (Å²) >= 11 is 0. The quantitative estimate of drug-likeness (QED) is 0.604. The Morgan fingerprint density at radius 2 is 2.06 bits per heavy atom. The fourth-order valence-corrected chi connectivity index (χ4v) is 1.58. The molecule has 0 fully saturated rings. The predicted molar refractivity (Wildman–Crippen MR) is 62.6 cm³/mol. The van der Waals surface area contributed by atoms with E-state index in [4.69, 9.17) is 4.74 Å². The Balaban J connectivity index is 2.41. The molecule has 1 N–H and O–H groups in total. The van der Waals surface area contributed by atoms with E-state index in [1.807, 2.05) is 17.5 Å². The lowest BCUT2D eigenvalue weighted by molar-refractivity contribution is -0.158. The Morgan fingerprint density at radius 1 is 1.33 bits per heavy atom. The number of alkyl carbamates (subject to hydrolysis) is 1. The number of carbonyl (C=O) groups excluding carboxylic acids is 3. The van der Waals surface area contributed by atoms with Crippen molar-refractivity contribution in [3.63, 3.8) is 0 Å². The van der Waals surface area contributed by atoms with Crippen LogP contribution < -0.4 is 5.32 Å². The first-order chi connectivity index (χ1) is 8.54. The van der Waals surface area contributed by atoms with Crippen molar-refractivity contribution >= 4 is 18.0 Å². The number of hydrogen-bond acceptors (Lipinski definition) is 5. The number of nitrogens with one attached hydrogen (secondary N) is 1. The summed E-state index contributed by atoms with van der Waals surface area (Å²) in [5.41, 5.74) is 0. The molecule has 0 aliphatic heterocycles. The zero-order valence-electron chi connectivity index (χ0n) is 10.5. The van der Waals surface area contributed by atoms with Crippen LogP contribution in [0.1, 0.15) is 26.2 Å².